The van der Waals surface area contributed by atoms with Crippen LogP contribution in [0.4, 0.5) is 14.4 Å². The van der Waals surface area contributed by atoms with Gasteiger partial charge in [-0.15, -0.1) is 0 Å². The van der Waals surface area contributed by atoms with Crippen molar-refractivity contribution >= 4 is 18.3 Å². The van der Waals surface area contributed by atoms with E-state index in [0.717, 1.165) is 38.0 Å². The lowest BCUT2D eigenvalue weighted by atomic mass is 10.1. The van der Waals surface area contributed by atoms with Crippen LogP contribution in [0.1, 0.15) is 59.9 Å². The molecule has 0 spiro atoms. The maximum Gasteiger partial charge on any atom is 0.410 e. The van der Waals surface area contributed by atoms with E-state index in [1.54, 1.807) is 9.80 Å². The van der Waals surface area contributed by atoms with Gasteiger partial charge in [0.15, 0.2) is 0 Å². The molecule has 0 aliphatic carbocycles. The number of ether oxygens (including phenoxy) is 3. The summed E-state index contributed by atoms with van der Waals surface area (Å²) >= 11 is 0. The molecule has 10 nitrogen and oxygen atoms in total. The first kappa shape index (κ1) is 30.0. The van der Waals surface area contributed by atoms with E-state index < -0.39 is 5.60 Å². The molecule has 0 saturated carbocycles. The van der Waals surface area contributed by atoms with E-state index in [1.165, 1.54) is 0 Å². The van der Waals surface area contributed by atoms with Crippen molar-refractivity contribution in [2.75, 3.05) is 39.3 Å². The predicted molar refractivity (Wildman–Crippen MR) is 151 cm³/mol. The Balaban J connectivity index is 0.000000210. The van der Waals surface area contributed by atoms with Crippen molar-refractivity contribution in [2.45, 2.75) is 84.3 Å². The van der Waals surface area contributed by atoms with Crippen LogP contribution in [0.5, 0.6) is 0 Å². The second kappa shape index (κ2) is 12.2. The van der Waals surface area contributed by atoms with Crippen molar-refractivity contribution in [1.29, 1.82) is 0 Å². The lowest BCUT2D eigenvalue weighted by molar-refractivity contribution is 0.0209. The average molecular weight is 559 g/mol. The topological polar surface area (TPSA) is 101 Å². The zero-order valence-corrected chi connectivity index (χ0v) is 24.9. The number of carbonyl (C=O) groups excluding carboxylic acids is 3. The summed E-state index contributed by atoms with van der Waals surface area (Å²) in [5.41, 5.74) is 0.0640. The summed E-state index contributed by atoms with van der Waals surface area (Å²) in [7, 11) is 0. The first-order chi connectivity index (χ1) is 18.8. The van der Waals surface area contributed by atoms with Gasteiger partial charge in [0.25, 0.3) is 0 Å². The molecule has 4 aliphatic rings. The Morgan fingerprint density at radius 3 is 1.95 bits per heavy atom. The number of likely N-dealkylation sites (tertiary alicyclic amines) is 3. The molecule has 4 aliphatic heterocycles. The van der Waals surface area contributed by atoms with Crippen LogP contribution in [0.25, 0.3) is 0 Å². The second-order valence-corrected chi connectivity index (χ2v) is 13.2. The van der Waals surface area contributed by atoms with Crippen LogP contribution in [-0.4, -0.2) is 95.5 Å². The zero-order chi connectivity index (χ0) is 29.1. The van der Waals surface area contributed by atoms with Crippen molar-refractivity contribution in [3.63, 3.8) is 0 Å². The van der Waals surface area contributed by atoms with E-state index in [1.807, 2.05) is 76.8 Å². The third-order valence-electron chi connectivity index (χ3n) is 7.71. The molecule has 222 valence electrons. The van der Waals surface area contributed by atoms with Gasteiger partial charge < -0.3 is 34.2 Å². The van der Waals surface area contributed by atoms with E-state index in [4.69, 9.17) is 14.2 Å². The van der Waals surface area contributed by atoms with Crippen molar-refractivity contribution in [3.8, 4) is 0 Å². The molecule has 4 fully saturated rings. The smallest absolute Gasteiger partial charge is 0.410 e. The van der Waals surface area contributed by atoms with Gasteiger partial charge in [0, 0.05) is 45.2 Å². The minimum atomic E-state index is -0.512. The van der Waals surface area contributed by atoms with Gasteiger partial charge in [0.2, 0.25) is 0 Å². The van der Waals surface area contributed by atoms with E-state index in [2.05, 4.69) is 5.32 Å². The summed E-state index contributed by atoms with van der Waals surface area (Å²) in [4.78, 5) is 41.9. The number of hydrogen-bond acceptors (Lipinski definition) is 7. The fourth-order valence-corrected chi connectivity index (χ4v) is 5.86. The van der Waals surface area contributed by atoms with Crippen molar-refractivity contribution in [1.82, 2.24) is 20.0 Å². The molecule has 1 aromatic carbocycles. The molecule has 1 aromatic rings. The minimum Gasteiger partial charge on any atom is -0.445 e. The van der Waals surface area contributed by atoms with Crippen LogP contribution in [0.3, 0.4) is 0 Å². The summed E-state index contributed by atoms with van der Waals surface area (Å²) in [5, 5.41) is 3.32. The Hall–Kier alpha value is -3.01. The number of carbonyl (C=O) groups is 3. The maximum atomic E-state index is 12.4. The fraction of sp³-hybridized carbons (Fsp3) is 0.700. The molecule has 4 saturated heterocycles. The summed E-state index contributed by atoms with van der Waals surface area (Å²) in [6, 6.07) is 10.0. The number of amides is 3. The molecule has 3 amide bonds. The van der Waals surface area contributed by atoms with Gasteiger partial charge in [0.1, 0.15) is 17.8 Å². The SMILES string of the molecule is CC(C)(C)OC(=O)N1CC[C@@H]2CN(C(=O)OCc3ccccc3)C[C@@H]21.CC(C)(C)OC(=O)N1CC[C@@H]2CNC[C@@H]21. The summed E-state index contributed by atoms with van der Waals surface area (Å²) < 4.78 is 16.3. The highest BCUT2D eigenvalue weighted by molar-refractivity contribution is 5.71. The third-order valence-corrected chi connectivity index (χ3v) is 7.71. The molecule has 40 heavy (non-hydrogen) atoms. The lowest BCUT2D eigenvalue weighted by Gasteiger charge is -2.28. The quantitative estimate of drug-likeness (QED) is 0.534. The normalized spacial score (nSPS) is 25.6. The molecule has 1 N–H and O–H groups in total. The molecule has 0 unspecified atom stereocenters. The van der Waals surface area contributed by atoms with Gasteiger partial charge >= 0.3 is 18.3 Å². The third kappa shape index (κ3) is 7.80. The van der Waals surface area contributed by atoms with Crippen LogP contribution in [0.2, 0.25) is 0 Å². The molecule has 10 heteroatoms. The standard InChI is InChI=1S/C19H26N2O4.C11H20N2O2/c1-19(2,3)25-18(23)21-10-9-15-11-20(12-16(15)21)17(22)24-13-14-7-5-4-6-8-14;1-11(2,3)15-10(14)13-5-4-8-6-12-7-9(8)13/h4-8,15-16H,9-13H2,1-3H3;8-9,12H,4-7H2,1-3H3/t15-,16+;8-,9+/m11/s1. The van der Waals surface area contributed by atoms with Gasteiger partial charge in [-0.1, -0.05) is 30.3 Å². The maximum absolute atomic E-state index is 12.4. The first-order valence-corrected chi connectivity index (χ1v) is 14.5. The van der Waals surface area contributed by atoms with Crippen LogP contribution >= 0.6 is 0 Å². The van der Waals surface area contributed by atoms with Gasteiger partial charge in [-0.2, -0.15) is 0 Å². The van der Waals surface area contributed by atoms with E-state index >= 15 is 0 Å². The van der Waals surface area contributed by atoms with Crippen LogP contribution in [0, 0.1) is 11.8 Å². The molecule has 4 atom stereocenters. The molecule has 0 radical (unpaired) electrons. The molecule has 4 heterocycles. The summed E-state index contributed by atoms with van der Waals surface area (Å²) in [5.74, 6) is 0.939. The van der Waals surface area contributed by atoms with Crippen LogP contribution in [0.15, 0.2) is 30.3 Å². The number of nitrogens with zero attached hydrogens (tertiary/aromatic N) is 3. The molecular formula is C30H46N4O6. The zero-order valence-electron chi connectivity index (χ0n) is 24.9. The number of benzene rings is 1. The predicted octanol–water partition coefficient (Wildman–Crippen LogP) is 4.48. The largest absolute Gasteiger partial charge is 0.445 e. The van der Waals surface area contributed by atoms with E-state index in [-0.39, 0.29) is 36.5 Å². The monoisotopic (exact) mass is 558 g/mol. The Morgan fingerprint density at radius 2 is 1.35 bits per heavy atom. The second-order valence-electron chi connectivity index (χ2n) is 13.2. The highest BCUT2D eigenvalue weighted by atomic mass is 16.6. The number of fused-ring (bicyclic) bond motifs is 2. The fourth-order valence-electron chi connectivity index (χ4n) is 5.86. The summed E-state index contributed by atoms with van der Waals surface area (Å²) in [6.45, 7) is 16.2. The average Bonchev–Trinajstić information content (AvgIpc) is 3.62. The van der Waals surface area contributed by atoms with Gasteiger partial charge in [-0.3, -0.25) is 0 Å². The van der Waals surface area contributed by atoms with Crippen molar-refractivity contribution < 1.29 is 28.6 Å². The highest BCUT2D eigenvalue weighted by Crippen LogP contribution is 2.33. The van der Waals surface area contributed by atoms with Gasteiger partial charge in [-0.25, -0.2) is 14.4 Å². The molecule has 0 aromatic heterocycles. The van der Waals surface area contributed by atoms with Crippen molar-refractivity contribution in [3.05, 3.63) is 35.9 Å². The minimum absolute atomic E-state index is 0.0270. The summed E-state index contributed by atoms with van der Waals surface area (Å²) in [6.07, 6.45) is 1.24. The molecule has 5 rings (SSSR count). The lowest BCUT2D eigenvalue weighted by Crippen LogP contribution is -2.43. The van der Waals surface area contributed by atoms with E-state index in [0.29, 0.717) is 37.5 Å². The van der Waals surface area contributed by atoms with E-state index in [9.17, 15) is 14.4 Å². The van der Waals surface area contributed by atoms with Crippen LogP contribution in [-0.2, 0) is 20.8 Å². The number of nitrogens with one attached hydrogen (secondary N) is 1. The highest BCUT2D eigenvalue weighted by Gasteiger charge is 2.46. The first-order valence-electron chi connectivity index (χ1n) is 14.5. The number of rotatable bonds is 2. The Bertz CT molecular complexity index is 1040. The number of hydrogen-bond donors (Lipinski definition) is 1. The Kier molecular flexibility index (Phi) is 9.17. The molecular weight excluding hydrogens is 512 g/mol. The Morgan fingerprint density at radius 1 is 0.775 bits per heavy atom. The van der Waals surface area contributed by atoms with Gasteiger partial charge in [0.05, 0.1) is 12.1 Å². The van der Waals surface area contributed by atoms with Crippen LogP contribution < -0.4 is 5.32 Å². The van der Waals surface area contributed by atoms with Gasteiger partial charge in [-0.05, 0) is 65.9 Å². The molecule has 0 bridgehead atoms. The van der Waals surface area contributed by atoms with Crippen molar-refractivity contribution in [2.24, 2.45) is 11.8 Å². The Labute approximate surface area is 238 Å².